The molecule has 0 saturated heterocycles. The third-order valence-electron chi connectivity index (χ3n) is 4.62. The van der Waals surface area contributed by atoms with Crippen LogP contribution in [0.2, 0.25) is 0 Å². The summed E-state index contributed by atoms with van der Waals surface area (Å²) in [5.41, 5.74) is 6.94. The van der Waals surface area contributed by atoms with Crippen LogP contribution >= 0.6 is 12.2 Å². The molecule has 3 N–H and O–H groups in total. The predicted molar refractivity (Wildman–Crippen MR) is 114 cm³/mol. The summed E-state index contributed by atoms with van der Waals surface area (Å²) in [4.78, 5) is 12.1. The van der Waals surface area contributed by atoms with Gasteiger partial charge in [-0.3, -0.25) is 15.6 Å². The maximum atomic E-state index is 12.1. The Bertz CT molecular complexity index is 979. The van der Waals surface area contributed by atoms with Crippen molar-refractivity contribution in [1.82, 2.24) is 16.2 Å². The highest BCUT2D eigenvalue weighted by Crippen LogP contribution is 2.41. The number of hydrogen-bond donors (Lipinski definition) is 3. The highest BCUT2D eigenvalue weighted by molar-refractivity contribution is 7.80. The van der Waals surface area contributed by atoms with E-state index in [1.165, 1.54) is 0 Å². The SMILES string of the molecule is CC1(C)Cc2cccc(OCC(=O)NNC(=S)NCc3ccc4c(c3)OCO4)c2O1. The minimum Gasteiger partial charge on any atom is -0.483 e. The molecule has 0 aliphatic carbocycles. The van der Waals surface area contributed by atoms with Gasteiger partial charge in [-0.25, -0.2) is 0 Å². The van der Waals surface area contributed by atoms with Gasteiger partial charge < -0.3 is 24.3 Å². The number of nitrogens with one attached hydrogen (secondary N) is 3. The van der Waals surface area contributed by atoms with Crippen LogP contribution < -0.4 is 35.1 Å². The minimum absolute atomic E-state index is 0.169. The van der Waals surface area contributed by atoms with Gasteiger partial charge in [0.1, 0.15) is 5.60 Å². The van der Waals surface area contributed by atoms with Crippen molar-refractivity contribution in [1.29, 1.82) is 0 Å². The Morgan fingerprint density at radius 3 is 2.87 bits per heavy atom. The lowest BCUT2D eigenvalue weighted by Gasteiger charge is -2.18. The van der Waals surface area contributed by atoms with Gasteiger partial charge >= 0.3 is 0 Å². The molecule has 0 unspecified atom stereocenters. The second-order valence-electron chi connectivity index (χ2n) is 7.62. The van der Waals surface area contributed by atoms with E-state index >= 15 is 0 Å². The number of benzene rings is 2. The number of carbonyl (C=O) groups is 1. The van der Waals surface area contributed by atoms with E-state index in [1.807, 2.05) is 44.2 Å². The summed E-state index contributed by atoms with van der Waals surface area (Å²) in [5.74, 6) is 2.32. The second-order valence-corrected chi connectivity index (χ2v) is 8.02. The molecule has 2 aromatic rings. The molecule has 8 nitrogen and oxygen atoms in total. The molecule has 1 amide bonds. The molecular weight excluding hydrogens is 406 g/mol. The zero-order chi connectivity index (χ0) is 21.1. The lowest BCUT2D eigenvalue weighted by Crippen LogP contribution is -2.48. The van der Waals surface area contributed by atoms with E-state index in [9.17, 15) is 4.79 Å². The average molecular weight is 429 g/mol. The third kappa shape index (κ3) is 4.68. The lowest BCUT2D eigenvalue weighted by atomic mass is 10.0. The molecule has 0 spiro atoms. The smallest absolute Gasteiger partial charge is 0.276 e. The fraction of sp³-hybridized carbons (Fsp3) is 0.333. The van der Waals surface area contributed by atoms with Crippen molar-refractivity contribution >= 4 is 23.2 Å². The Kier molecular flexibility index (Phi) is 5.54. The normalized spacial score (nSPS) is 15.0. The first kappa shape index (κ1) is 20.1. The number of fused-ring (bicyclic) bond motifs is 2. The van der Waals surface area contributed by atoms with Crippen LogP contribution in [0.5, 0.6) is 23.0 Å². The monoisotopic (exact) mass is 429 g/mol. The molecule has 0 saturated carbocycles. The summed E-state index contributed by atoms with van der Waals surface area (Å²) in [5, 5.41) is 3.29. The van der Waals surface area contributed by atoms with E-state index in [0.29, 0.717) is 23.8 Å². The molecule has 158 valence electrons. The van der Waals surface area contributed by atoms with E-state index in [2.05, 4.69) is 16.2 Å². The molecular formula is C21H23N3O5S. The highest BCUT2D eigenvalue weighted by Gasteiger charge is 2.32. The van der Waals surface area contributed by atoms with Crippen LogP contribution in [0.1, 0.15) is 25.0 Å². The fourth-order valence-electron chi connectivity index (χ4n) is 3.28. The van der Waals surface area contributed by atoms with Gasteiger partial charge in [0.15, 0.2) is 34.7 Å². The van der Waals surface area contributed by atoms with Gasteiger partial charge in [0.25, 0.3) is 5.91 Å². The zero-order valence-corrected chi connectivity index (χ0v) is 17.6. The zero-order valence-electron chi connectivity index (χ0n) is 16.7. The van der Waals surface area contributed by atoms with Crippen LogP contribution in [0.25, 0.3) is 0 Å². The molecule has 0 atom stereocenters. The first-order chi connectivity index (χ1) is 14.4. The van der Waals surface area contributed by atoms with Crippen LogP contribution in [0.4, 0.5) is 0 Å². The largest absolute Gasteiger partial charge is 0.483 e. The molecule has 0 bridgehead atoms. The van der Waals surface area contributed by atoms with Gasteiger partial charge in [-0.2, -0.15) is 0 Å². The van der Waals surface area contributed by atoms with Gasteiger partial charge in [0, 0.05) is 18.5 Å². The number of para-hydroxylation sites is 1. The van der Waals surface area contributed by atoms with Crippen molar-refractivity contribution in [2.45, 2.75) is 32.4 Å². The lowest BCUT2D eigenvalue weighted by molar-refractivity contribution is -0.123. The van der Waals surface area contributed by atoms with Crippen LogP contribution in [0.15, 0.2) is 36.4 Å². The summed E-state index contributed by atoms with van der Waals surface area (Å²) in [6, 6.07) is 11.3. The Hall–Kier alpha value is -3.20. The van der Waals surface area contributed by atoms with Gasteiger partial charge in [0.2, 0.25) is 6.79 Å². The van der Waals surface area contributed by atoms with Crippen LogP contribution in [0.3, 0.4) is 0 Å². The number of carbonyl (C=O) groups excluding carboxylic acids is 1. The van der Waals surface area contributed by atoms with Gasteiger partial charge in [-0.15, -0.1) is 0 Å². The molecule has 30 heavy (non-hydrogen) atoms. The molecule has 2 heterocycles. The Morgan fingerprint density at radius 1 is 1.17 bits per heavy atom. The highest BCUT2D eigenvalue weighted by atomic mass is 32.1. The van der Waals surface area contributed by atoms with Crippen molar-refractivity contribution in [3.8, 4) is 23.0 Å². The Labute approximate surface area is 179 Å². The first-order valence-corrected chi connectivity index (χ1v) is 9.95. The van der Waals surface area contributed by atoms with E-state index in [0.717, 1.165) is 23.3 Å². The molecule has 2 aromatic carbocycles. The van der Waals surface area contributed by atoms with Crippen molar-refractivity contribution in [3.63, 3.8) is 0 Å². The summed E-state index contributed by atoms with van der Waals surface area (Å²) in [6.45, 7) is 4.57. The summed E-state index contributed by atoms with van der Waals surface area (Å²) in [7, 11) is 0. The van der Waals surface area contributed by atoms with Crippen molar-refractivity contribution in [2.24, 2.45) is 0 Å². The number of hydrazine groups is 1. The number of rotatable bonds is 5. The summed E-state index contributed by atoms with van der Waals surface area (Å²) >= 11 is 5.18. The van der Waals surface area contributed by atoms with E-state index in [4.69, 9.17) is 31.2 Å². The van der Waals surface area contributed by atoms with Crippen molar-refractivity contribution < 1.29 is 23.7 Å². The standard InChI is InChI=1S/C21H23N3O5S/c1-21(2)9-14-4-3-5-16(19(14)29-21)26-11-18(25)23-24-20(30)22-10-13-6-7-15-17(8-13)28-12-27-15/h3-8H,9-12H2,1-2H3,(H,23,25)(H2,22,24,30). The Morgan fingerprint density at radius 2 is 2.00 bits per heavy atom. The molecule has 2 aliphatic rings. The second kappa shape index (κ2) is 8.27. The predicted octanol–water partition coefficient (Wildman–Crippen LogP) is 2.20. The third-order valence-corrected chi connectivity index (χ3v) is 4.87. The summed E-state index contributed by atoms with van der Waals surface area (Å²) in [6.07, 6.45) is 0.802. The van der Waals surface area contributed by atoms with E-state index < -0.39 is 0 Å². The summed E-state index contributed by atoms with van der Waals surface area (Å²) < 4.78 is 22.2. The molecule has 0 fully saturated rings. The molecule has 9 heteroatoms. The average Bonchev–Trinajstić information content (AvgIpc) is 3.31. The van der Waals surface area contributed by atoms with Crippen molar-refractivity contribution in [2.75, 3.05) is 13.4 Å². The van der Waals surface area contributed by atoms with Crippen LogP contribution in [-0.2, 0) is 17.8 Å². The van der Waals surface area contributed by atoms with Crippen LogP contribution in [-0.4, -0.2) is 30.0 Å². The van der Waals surface area contributed by atoms with Crippen LogP contribution in [0, 0.1) is 0 Å². The molecule has 4 rings (SSSR count). The molecule has 0 aromatic heterocycles. The molecule has 0 radical (unpaired) electrons. The molecule has 2 aliphatic heterocycles. The van der Waals surface area contributed by atoms with Gasteiger partial charge in [0.05, 0.1) is 0 Å². The van der Waals surface area contributed by atoms with Crippen molar-refractivity contribution in [3.05, 3.63) is 47.5 Å². The van der Waals surface area contributed by atoms with E-state index in [1.54, 1.807) is 6.07 Å². The quantitative estimate of drug-likeness (QED) is 0.492. The Balaban J connectivity index is 1.20. The number of thiocarbonyl (C=S) groups is 1. The number of amides is 1. The topological polar surface area (TPSA) is 90.1 Å². The maximum absolute atomic E-state index is 12.1. The minimum atomic E-state index is -0.364. The van der Waals surface area contributed by atoms with E-state index in [-0.39, 0.29) is 30.0 Å². The fourth-order valence-corrected chi connectivity index (χ4v) is 3.41. The maximum Gasteiger partial charge on any atom is 0.276 e. The van der Waals surface area contributed by atoms with Gasteiger partial charge in [-0.1, -0.05) is 18.2 Å². The number of ether oxygens (including phenoxy) is 4. The van der Waals surface area contributed by atoms with Gasteiger partial charge in [-0.05, 0) is 49.8 Å². The number of hydrogen-bond acceptors (Lipinski definition) is 6. The first-order valence-electron chi connectivity index (χ1n) is 9.54.